The largest absolute Gasteiger partial charge is 0.508 e. The Balaban J connectivity index is 2.05. The van der Waals surface area contributed by atoms with Gasteiger partial charge in [-0.15, -0.1) is 0 Å². The zero-order chi connectivity index (χ0) is 14.5. The number of primary amides is 1. The van der Waals surface area contributed by atoms with Crippen LogP contribution in [0.3, 0.4) is 0 Å². The van der Waals surface area contributed by atoms with Gasteiger partial charge in [-0.05, 0) is 44.5 Å². The van der Waals surface area contributed by atoms with Crippen molar-refractivity contribution >= 4 is 5.91 Å². The Bertz CT molecular complexity index is 476. The summed E-state index contributed by atoms with van der Waals surface area (Å²) in [5.74, 6) is 0.696. The zero-order valence-electron chi connectivity index (χ0n) is 11.8. The molecule has 1 heterocycles. The standard InChI is InChI=1S/C15H22N2O3/c1-2-20-13-5-6-14(18)12(8-13)10-17-7-3-4-11(9-17)15(16)19/h5-6,8,11,18H,2-4,7,9-10H2,1H3,(H2,16,19)/t11-/m1/s1. The number of nitrogens with two attached hydrogens (primary N) is 1. The number of carbonyl (C=O) groups is 1. The maximum absolute atomic E-state index is 11.3. The summed E-state index contributed by atoms with van der Waals surface area (Å²) < 4.78 is 5.45. The lowest BCUT2D eigenvalue weighted by atomic mass is 9.97. The minimum atomic E-state index is -0.234. The van der Waals surface area contributed by atoms with Crippen molar-refractivity contribution in [3.8, 4) is 11.5 Å². The maximum atomic E-state index is 11.3. The lowest BCUT2D eigenvalue weighted by Gasteiger charge is -2.31. The number of aromatic hydroxyl groups is 1. The summed E-state index contributed by atoms with van der Waals surface area (Å²) in [5.41, 5.74) is 6.20. The van der Waals surface area contributed by atoms with Crippen molar-refractivity contribution in [2.45, 2.75) is 26.3 Å². The third-order valence-electron chi connectivity index (χ3n) is 3.66. The SMILES string of the molecule is CCOc1ccc(O)c(CN2CCC[C@@H](C(N)=O)C2)c1. The molecule has 0 aromatic heterocycles. The van der Waals surface area contributed by atoms with E-state index < -0.39 is 0 Å². The number of nitrogens with zero attached hydrogens (tertiary/aromatic N) is 1. The Labute approximate surface area is 119 Å². The summed E-state index contributed by atoms with van der Waals surface area (Å²) in [6.45, 7) is 4.71. The highest BCUT2D eigenvalue weighted by molar-refractivity contribution is 5.76. The molecule has 0 spiro atoms. The maximum Gasteiger partial charge on any atom is 0.221 e. The predicted molar refractivity (Wildman–Crippen MR) is 76.5 cm³/mol. The van der Waals surface area contributed by atoms with E-state index in [0.29, 0.717) is 19.7 Å². The number of phenolic OH excluding ortho intramolecular Hbond substituents is 1. The van der Waals surface area contributed by atoms with E-state index in [1.807, 2.05) is 13.0 Å². The summed E-state index contributed by atoms with van der Waals surface area (Å²) in [6, 6.07) is 5.26. The quantitative estimate of drug-likeness (QED) is 0.855. The first-order valence-corrected chi connectivity index (χ1v) is 7.06. The fourth-order valence-corrected chi connectivity index (χ4v) is 2.62. The number of likely N-dealkylation sites (tertiary alicyclic amines) is 1. The lowest BCUT2D eigenvalue weighted by Crippen LogP contribution is -2.40. The molecule has 3 N–H and O–H groups in total. The number of rotatable bonds is 5. The van der Waals surface area contributed by atoms with E-state index in [1.165, 1.54) is 0 Å². The molecule has 110 valence electrons. The second kappa shape index (κ2) is 6.61. The number of hydrogen-bond acceptors (Lipinski definition) is 4. The van der Waals surface area contributed by atoms with E-state index in [-0.39, 0.29) is 17.6 Å². The number of piperidine rings is 1. The molecule has 0 unspecified atom stereocenters. The Morgan fingerprint density at radius 2 is 2.35 bits per heavy atom. The Kier molecular flexibility index (Phi) is 4.84. The predicted octanol–water partition coefficient (Wildman–Crippen LogP) is 1.49. The molecule has 1 aromatic carbocycles. The fourth-order valence-electron chi connectivity index (χ4n) is 2.62. The van der Waals surface area contributed by atoms with Gasteiger partial charge in [0.05, 0.1) is 12.5 Å². The van der Waals surface area contributed by atoms with Gasteiger partial charge in [-0.1, -0.05) is 0 Å². The van der Waals surface area contributed by atoms with Crippen LogP contribution in [0, 0.1) is 5.92 Å². The summed E-state index contributed by atoms with van der Waals surface area (Å²) in [6.07, 6.45) is 1.82. The number of carbonyl (C=O) groups excluding carboxylic acids is 1. The van der Waals surface area contributed by atoms with Gasteiger partial charge in [0.2, 0.25) is 5.91 Å². The molecule has 1 atom stereocenters. The van der Waals surface area contributed by atoms with Crippen molar-refractivity contribution in [1.82, 2.24) is 4.90 Å². The first-order chi connectivity index (χ1) is 9.60. The van der Waals surface area contributed by atoms with Gasteiger partial charge < -0.3 is 15.6 Å². The van der Waals surface area contributed by atoms with Crippen molar-refractivity contribution in [3.63, 3.8) is 0 Å². The molecular weight excluding hydrogens is 256 g/mol. The van der Waals surface area contributed by atoms with Gasteiger partial charge in [-0.3, -0.25) is 9.69 Å². The molecule has 5 heteroatoms. The minimum Gasteiger partial charge on any atom is -0.508 e. The van der Waals surface area contributed by atoms with Gasteiger partial charge in [-0.2, -0.15) is 0 Å². The van der Waals surface area contributed by atoms with Crippen LogP contribution in [0.15, 0.2) is 18.2 Å². The molecule has 0 saturated carbocycles. The van der Waals surface area contributed by atoms with Crippen LogP contribution in [0.25, 0.3) is 0 Å². The van der Waals surface area contributed by atoms with Crippen molar-refractivity contribution < 1.29 is 14.6 Å². The Hall–Kier alpha value is -1.75. The van der Waals surface area contributed by atoms with E-state index in [4.69, 9.17) is 10.5 Å². The second-order valence-corrected chi connectivity index (χ2v) is 5.20. The van der Waals surface area contributed by atoms with Crippen molar-refractivity contribution in [2.24, 2.45) is 11.7 Å². The van der Waals surface area contributed by atoms with Gasteiger partial charge >= 0.3 is 0 Å². The highest BCUT2D eigenvalue weighted by Crippen LogP contribution is 2.26. The fraction of sp³-hybridized carbons (Fsp3) is 0.533. The summed E-state index contributed by atoms with van der Waals surface area (Å²) >= 11 is 0. The third-order valence-corrected chi connectivity index (χ3v) is 3.66. The summed E-state index contributed by atoms with van der Waals surface area (Å²) in [7, 11) is 0. The van der Waals surface area contributed by atoms with Gasteiger partial charge in [0.1, 0.15) is 11.5 Å². The molecule has 5 nitrogen and oxygen atoms in total. The van der Waals surface area contributed by atoms with Crippen LogP contribution in [0.5, 0.6) is 11.5 Å². The molecule has 1 aromatic rings. The first-order valence-electron chi connectivity index (χ1n) is 7.06. The number of hydrogen-bond donors (Lipinski definition) is 2. The van der Waals surface area contributed by atoms with E-state index >= 15 is 0 Å². The molecule has 1 aliphatic heterocycles. The summed E-state index contributed by atoms with van der Waals surface area (Å²) in [4.78, 5) is 13.4. The summed E-state index contributed by atoms with van der Waals surface area (Å²) in [5, 5.41) is 9.94. The molecular formula is C15H22N2O3. The third kappa shape index (κ3) is 3.63. The number of phenols is 1. The highest BCUT2D eigenvalue weighted by Gasteiger charge is 2.24. The molecule has 1 saturated heterocycles. The van der Waals surface area contributed by atoms with Crippen LogP contribution >= 0.6 is 0 Å². The highest BCUT2D eigenvalue weighted by atomic mass is 16.5. The molecule has 2 rings (SSSR count). The van der Waals surface area contributed by atoms with Crippen molar-refractivity contribution in [3.05, 3.63) is 23.8 Å². The monoisotopic (exact) mass is 278 g/mol. The van der Waals surface area contributed by atoms with Gasteiger partial charge in [0, 0.05) is 18.7 Å². The van der Waals surface area contributed by atoms with Gasteiger partial charge in [0.15, 0.2) is 0 Å². The molecule has 1 fully saturated rings. The van der Waals surface area contributed by atoms with Crippen LogP contribution in [-0.4, -0.2) is 35.6 Å². The number of amides is 1. The van der Waals surface area contributed by atoms with Crippen LogP contribution in [0.4, 0.5) is 0 Å². The normalized spacial score (nSPS) is 19.8. The Morgan fingerprint density at radius 1 is 1.55 bits per heavy atom. The molecule has 20 heavy (non-hydrogen) atoms. The molecule has 0 aliphatic carbocycles. The topological polar surface area (TPSA) is 75.8 Å². The number of benzene rings is 1. The van der Waals surface area contributed by atoms with E-state index in [9.17, 15) is 9.90 Å². The molecule has 0 bridgehead atoms. The smallest absolute Gasteiger partial charge is 0.221 e. The second-order valence-electron chi connectivity index (χ2n) is 5.20. The zero-order valence-corrected chi connectivity index (χ0v) is 11.8. The minimum absolute atomic E-state index is 0.0824. The average Bonchev–Trinajstić information content (AvgIpc) is 2.43. The van der Waals surface area contributed by atoms with Crippen molar-refractivity contribution in [2.75, 3.05) is 19.7 Å². The Morgan fingerprint density at radius 3 is 3.05 bits per heavy atom. The van der Waals surface area contributed by atoms with Crippen LogP contribution in [0.1, 0.15) is 25.3 Å². The van der Waals surface area contributed by atoms with Gasteiger partial charge in [-0.25, -0.2) is 0 Å². The van der Waals surface area contributed by atoms with Gasteiger partial charge in [0.25, 0.3) is 0 Å². The van der Waals surface area contributed by atoms with Crippen LogP contribution in [0.2, 0.25) is 0 Å². The van der Waals surface area contributed by atoms with E-state index in [0.717, 1.165) is 30.7 Å². The van der Waals surface area contributed by atoms with E-state index in [1.54, 1.807) is 12.1 Å². The van der Waals surface area contributed by atoms with Crippen LogP contribution < -0.4 is 10.5 Å². The first kappa shape index (κ1) is 14.7. The lowest BCUT2D eigenvalue weighted by molar-refractivity contribution is -0.123. The van der Waals surface area contributed by atoms with Crippen molar-refractivity contribution in [1.29, 1.82) is 0 Å². The average molecular weight is 278 g/mol. The molecule has 0 radical (unpaired) electrons. The number of ether oxygens (including phenoxy) is 1. The molecule has 1 aliphatic rings. The van der Waals surface area contributed by atoms with Crippen LogP contribution in [-0.2, 0) is 11.3 Å². The molecule has 1 amide bonds. The van der Waals surface area contributed by atoms with E-state index in [2.05, 4.69) is 4.90 Å².